The summed E-state index contributed by atoms with van der Waals surface area (Å²) in [6.45, 7) is 11.1. The van der Waals surface area contributed by atoms with Crippen LogP contribution >= 0.6 is 11.8 Å². The third kappa shape index (κ3) is 7.20. The molecule has 1 saturated heterocycles. The molecule has 15 heavy (non-hydrogen) atoms. The van der Waals surface area contributed by atoms with Crippen LogP contribution in [0.1, 0.15) is 33.6 Å². The summed E-state index contributed by atoms with van der Waals surface area (Å²) in [7, 11) is 0. The van der Waals surface area contributed by atoms with E-state index in [0.29, 0.717) is 4.75 Å². The molecule has 0 bridgehead atoms. The van der Waals surface area contributed by atoms with Crippen LogP contribution in [0.3, 0.4) is 0 Å². The second kappa shape index (κ2) is 6.77. The molecule has 0 aromatic heterocycles. The molecular weight excluding hydrogens is 206 g/mol. The van der Waals surface area contributed by atoms with Crippen molar-refractivity contribution < 1.29 is 4.74 Å². The Labute approximate surface area is 98.5 Å². The standard InChI is InChI=1S/C12H25NOS/c1-12(2,3)15-9-6-13-10-11-4-7-14-8-5-11/h11,13H,4-10H2,1-3H3. The van der Waals surface area contributed by atoms with E-state index in [0.717, 1.165) is 25.7 Å². The Morgan fingerprint density at radius 1 is 1.27 bits per heavy atom. The second-order valence-electron chi connectivity index (χ2n) is 5.22. The van der Waals surface area contributed by atoms with Crippen LogP contribution in [-0.4, -0.2) is 36.8 Å². The average Bonchev–Trinajstić information content (AvgIpc) is 2.17. The minimum atomic E-state index is 0.403. The fourth-order valence-corrected chi connectivity index (χ4v) is 2.54. The molecule has 1 N–H and O–H groups in total. The van der Waals surface area contributed by atoms with Gasteiger partial charge in [0, 0.05) is 30.3 Å². The first-order valence-electron chi connectivity index (χ1n) is 6.00. The normalized spacial score (nSPS) is 19.4. The molecule has 1 aliphatic rings. The molecule has 1 rings (SSSR count). The maximum Gasteiger partial charge on any atom is 0.0469 e. The lowest BCUT2D eigenvalue weighted by molar-refractivity contribution is 0.0665. The molecule has 3 heteroatoms. The van der Waals surface area contributed by atoms with E-state index >= 15 is 0 Å². The monoisotopic (exact) mass is 231 g/mol. The first-order chi connectivity index (χ1) is 7.08. The van der Waals surface area contributed by atoms with Crippen molar-refractivity contribution in [3.8, 4) is 0 Å². The fraction of sp³-hybridized carbons (Fsp3) is 1.00. The first-order valence-corrected chi connectivity index (χ1v) is 6.99. The summed E-state index contributed by atoms with van der Waals surface area (Å²) in [4.78, 5) is 0. The Kier molecular flexibility index (Phi) is 6.02. The lowest BCUT2D eigenvalue weighted by Gasteiger charge is -2.23. The van der Waals surface area contributed by atoms with Crippen LogP contribution in [0.4, 0.5) is 0 Å². The van der Waals surface area contributed by atoms with Gasteiger partial charge in [0.2, 0.25) is 0 Å². The van der Waals surface area contributed by atoms with Crippen LogP contribution in [-0.2, 0) is 4.74 Å². The van der Waals surface area contributed by atoms with Crippen molar-refractivity contribution >= 4 is 11.8 Å². The van der Waals surface area contributed by atoms with E-state index in [1.165, 1.54) is 25.1 Å². The van der Waals surface area contributed by atoms with Crippen LogP contribution in [0.2, 0.25) is 0 Å². The molecule has 0 amide bonds. The van der Waals surface area contributed by atoms with E-state index in [1.807, 2.05) is 11.8 Å². The van der Waals surface area contributed by atoms with Gasteiger partial charge in [-0.1, -0.05) is 20.8 Å². The maximum atomic E-state index is 5.34. The SMILES string of the molecule is CC(C)(C)SCCNCC1CCOCC1. The Balaban J connectivity index is 1.92. The van der Waals surface area contributed by atoms with Gasteiger partial charge in [-0.3, -0.25) is 0 Å². The van der Waals surface area contributed by atoms with Crippen LogP contribution in [0.15, 0.2) is 0 Å². The smallest absolute Gasteiger partial charge is 0.0469 e. The maximum absolute atomic E-state index is 5.34. The molecule has 0 aromatic rings. The quantitative estimate of drug-likeness (QED) is 0.735. The van der Waals surface area contributed by atoms with Crippen molar-refractivity contribution in [2.75, 3.05) is 32.1 Å². The average molecular weight is 231 g/mol. The van der Waals surface area contributed by atoms with Gasteiger partial charge in [-0.15, -0.1) is 0 Å². The van der Waals surface area contributed by atoms with Gasteiger partial charge >= 0.3 is 0 Å². The number of hydrogen-bond donors (Lipinski definition) is 1. The highest BCUT2D eigenvalue weighted by Gasteiger charge is 2.13. The molecule has 0 radical (unpaired) electrons. The van der Waals surface area contributed by atoms with Crippen LogP contribution in [0.25, 0.3) is 0 Å². The summed E-state index contributed by atoms with van der Waals surface area (Å²) >= 11 is 2.03. The van der Waals surface area contributed by atoms with E-state index < -0.39 is 0 Å². The molecule has 2 nitrogen and oxygen atoms in total. The third-order valence-electron chi connectivity index (χ3n) is 2.59. The topological polar surface area (TPSA) is 21.3 Å². The highest BCUT2D eigenvalue weighted by atomic mass is 32.2. The largest absolute Gasteiger partial charge is 0.381 e. The summed E-state index contributed by atoms with van der Waals surface area (Å²) in [6, 6.07) is 0. The van der Waals surface area contributed by atoms with Crippen LogP contribution in [0.5, 0.6) is 0 Å². The minimum absolute atomic E-state index is 0.403. The highest BCUT2D eigenvalue weighted by Crippen LogP contribution is 2.22. The van der Waals surface area contributed by atoms with Gasteiger partial charge in [0.05, 0.1) is 0 Å². The lowest BCUT2D eigenvalue weighted by Crippen LogP contribution is -2.29. The van der Waals surface area contributed by atoms with Gasteiger partial charge < -0.3 is 10.1 Å². The highest BCUT2D eigenvalue weighted by molar-refractivity contribution is 8.00. The molecule has 1 heterocycles. The van der Waals surface area contributed by atoms with E-state index in [-0.39, 0.29) is 0 Å². The van der Waals surface area contributed by atoms with Gasteiger partial charge in [0.1, 0.15) is 0 Å². The van der Waals surface area contributed by atoms with E-state index in [2.05, 4.69) is 26.1 Å². The Morgan fingerprint density at radius 3 is 2.53 bits per heavy atom. The zero-order valence-corrected chi connectivity index (χ0v) is 11.2. The Morgan fingerprint density at radius 2 is 1.93 bits per heavy atom. The molecule has 0 spiro atoms. The fourth-order valence-electron chi connectivity index (χ4n) is 1.69. The summed E-state index contributed by atoms with van der Waals surface area (Å²) in [5, 5.41) is 3.55. The van der Waals surface area contributed by atoms with Crippen molar-refractivity contribution in [3.63, 3.8) is 0 Å². The van der Waals surface area contributed by atoms with Gasteiger partial charge in [0.25, 0.3) is 0 Å². The van der Waals surface area contributed by atoms with Gasteiger partial charge in [0.15, 0.2) is 0 Å². The van der Waals surface area contributed by atoms with E-state index in [9.17, 15) is 0 Å². The number of rotatable bonds is 5. The molecule has 0 saturated carbocycles. The minimum Gasteiger partial charge on any atom is -0.381 e. The molecule has 0 unspecified atom stereocenters. The van der Waals surface area contributed by atoms with Crippen LogP contribution < -0.4 is 5.32 Å². The van der Waals surface area contributed by atoms with Crippen molar-refractivity contribution in [2.24, 2.45) is 5.92 Å². The molecule has 0 aromatic carbocycles. The van der Waals surface area contributed by atoms with Crippen molar-refractivity contribution in [1.82, 2.24) is 5.32 Å². The molecule has 1 fully saturated rings. The Bertz CT molecular complexity index is 161. The molecular formula is C12H25NOS. The van der Waals surface area contributed by atoms with Gasteiger partial charge in [-0.25, -0.2) is 0 Å². The van der Waals surface area contributed by atoms with E-state index in [4.69, 9.17) is 4.74 Å². The van der Waals surface area contributed by atoms with Crippen molar-refractivity contribution in [2.45, 2.75) is 38.4 Å². The molecule has 90 valence electrons. The first kappa shape index (κ1) is 13.3. The predicted octanol–water partition coefficient (Wildman–Crippen LogP) is 2.53. The predicted molar refractivity (Wildman–Crippen MR) is 68.6 cm³/mol. The molecule has 0 atom stereocenters. The summed E-state index contributed by atoms with van der Waals surface area (Å²) < 4.78 is 5.74. The molecule has 0 aliphatic carbocycles. The summed E-state index contributed by atoms with van der Waals surface area (Å²) in [5.41, 5.74) is 0. The number of ether oxygens (including phenoxy) is 1. The lowest BCUT2D eigenvalue weighted by atomic mass is 10.0. The summed E-state index contributed by atoms with van der Waals surface area (Å²) in [6.07, 6.45) is 2.47. The zero-order chi connectivity index (χ0) is 11.1. The van der Waals surface area contributed by atoms with Crippen LogP contribution in [0, 0.1) is 5.92 Å². The molecule has 1 aliphatic heterocycles. The summed E-state index contributed by atoms with van der Waals surface area (Å²) in [5.74, 6) is 2.06. The van der Waals surface area contributed by atoms with Gasteiger partial charge in [-0.05, 0) is 25.3 Å². The van der Waals surface area contributed by atoms with Gasteiger partial charge in [-0.2, -0.15) is 11.8 Å². The Hall–Kier alpha value is 0.270. The number of hydrogen-bond acceptors (Lipinski definition) is 3. The number of thioether (sulfide) groups is 1. The van der Waals surface area contributed by atoms with Crippen molar-refractivity contribution in [3.05, 3.63) is 0 Å². The van der Waals surface area contributed by atoms with E-state index in [1.54, 1.807) is 0 Å². The number of nitrogens with one attached hydrogen (secondary N) is 1. The third-order valence-corrected chi connectivity index (χ3v) is 3.86. The second-order valence-corrected chi connectivity index (χ2v) is 7.14. The van der Waals surface area contributed by atoms with Crippen molar-refractivity contribution in [1.29, 1.82) is 0 Å². The zero-order valence-electron chi connectivity index (χ0n) is 10.3.